The number of para-hydroxylation sites is 1. The molecule has 29 heavy (non-hydrogen) atoms. The number of benzene rings is 3. The van der Waals surface area contributed by atoms with Gasteiger partial charge in [0.1, 0.15) is 0 Å². The van der Waals surface area contributed by atoms with Crippen LogP contribution in [0.4, 0.5) is 5.69 Å². The Labute approximate surface area is 178 Å². The van der Waals surface area contributed by atoms with Gasteiger partial charge in [-0.25, -0.2) is 4.98 Å². The van der Waals surface area contributed by atoms with Gasteiger partial charge in [0.05, 0.1) is 16.9 Å². The number of anilines is 1. The van der Waals surface area contributed by atoms with E-state index in [0.717, 1.165) is 27.8 Å². The monoisotopic (exact) mass is 417 g/mol. The van der Waals surface area contributed by atoms with Crippen molar-refractivity contribution in [2.45, 2.75) is 0 Å². The Balaban J connectivity index is 1.64. The summed E-state index contributed by atoms with van der Waals surface area (Å²) in [4.78, 5) is 17.1. The number of nitrogens with one attached hydrogen (secondary N) is 2. The van der Waals surface area contributed by atoms with Gasteiger partial charge >= 0.3 is 0 Å². The van der Waals surface area contributed by atoms with E-state index in [1.54, 1.807) is 24.3 Å². The van der Waals surface area contributed by atoms with E-state index in [9.17, 15) is 4.79 Å². The molecule has 4 aromatic rings. The largest absolute Gasteiger partial charge is 0.332 e. The third-order valence-electron chi connectivity index (χ3n) is 4.37. The van der Waals surface area contributed by atoms with Crippen molar-refractivity contribution in [3.63, 3.8) is 0 Å². The average molecular weight is 418 g/mol. The normalized spacial score (nSPS) is 10.5. The van der Waals surface area contributed by atoms with Gasteiger partial charge < -0.3 is 5.32 Å². The van der Waals surface area contributed by atoms with Crippen molar-refractivity contribution in [1.29, 1.82) is 0 Å². The van der Waals surface area contributed by atoms with Crippen molar-refractivity contribution in [2.24, 2.45) is 0 Å². The molecule has 0 fully saturated rings. The summed E-state index contributed by atoms with van der Waals surface area (Å²) >= 11 is 11.4. The molecule has 142 valence electrons. The SMILES string of the molecule is O=C(NC(=S)Nc1cc(-c2ccc(Cl)cc2)nc2ccccc12)c1ccccc1. The van der Waals surface area contributed by atoms with Crippen LogP contribution in [0.3, 0.4) is 0 Å². The lowest BCUT2D eigenvalue weighted by Gasteiger charge is -2.13. The first kappa shape index (κ1) is 19.1. The molecule has 2 N–H and O–H groups in total. The number of rotatable bonds is 3. The highest BCUT2D eigenvalue weighted by Crippen LogP contribution is 2.29. The summed E-state index contributed by atoms with van der Waals surface area (Å²) in [5, 5.41) is 7.65. The highest BCUT2D eigenvalue weighted by Gasteiger charge is 2.11. The lowest BCUT2D eigenvalue weighted by Crippen LogP contribution is -2.34. The number of amides is 1. The lowest BCUT2D eigenvalue weighted by atomic mass is 10.1. The molecule has 1 heterocycles. The quantitative estimate of drug-likeness (QED) is 0.421. The maximum absolute atomic E-state index is 12.4. The molecule has 0 unspecified atom stereocenters. The van der Waals surface area contributed by atoms with Crippen molar-refractivity contribution < 1.29 is 4.79 Å². The summed E-state index contributed by atoms with van der Waals surface area (Å²) < 4.78 is 0. The van der Waals surface area contributed by atoms with Crippen molar-refractivity contribution in [1.82, 2.24) is 10.3 Å². The van der Waals surface area contributed by atoms with Crippen LogP contribution in [-0.2, 0) is 0 Å². The molecule has 0 aliphatic carbocycles. The van der Waals surface area contributed by atoms with Crippen LogP contribution in [-0.4, -0.2) is 16.0 Å². The van der Waals surface area contributed by atoms with Crippen molar-refractivity contribution in [3.05, 3.63) is 95.5 Å². The fraction of sp³-hybridized carbons (Fsp3) is 0. The van der Waals surface area contributed by atoms with E-state index in [1.807, 2.05) is 60.7 Å². The van der Waals surface area contributed by atoms with Crippen LogP contribution in [0.2, 0.25) is 5.02 Å². The predicted molar refractivity (Wildman–Crippen MR) is 122 cm³/mol. The number of hydrogen-bond acceptors (Lipinski definition) is 3. The summed E-state index contributed by atoms with van der Waals surface area (Å²) in [7, 11) is 0. The smallest absolute Gasteiger partial charge is 0.257 e. The van der Waals surface area contributed by atoms with Crippen LogP contribution < -0.4 is 10.6 Å². The van der Waals surface area contributed by atoms with Crippen LogP contribution in [0.1, 0.15) is 10.4 Å². The Morgan fingerprint density at radius 2 is 1.59 bits per heavy atom. The van der Waals surface area contributed by atoms with Gasteiger partial charge in [-0.15, -0.1) is 0 Å². The van der Waals surface area contributed by atoms with Crippen molar-refractivity contribution in [2.75, 3.05) is 5.32 Å². The lowest BCUT2D eigenvalue weighted by molar-refractivity contribution is 0.0977. The number of halogens is 1. The van der Waals surface area contributed by atoms with Crippen LogP contribution in [0, 0.1) is 0 Å². The minimum absolute atomic E-state index is 0.220. The van der Waals surface area contributed by atoms with Gasteiger partial charge in [0, 0.05) is 21.5 Å². The second kappa shape index (κ2) is 8.39. The molecule has 0 bridgehead atoms. The molecular weight excluding hydrogens is 402 g/mol. The zero-order chi connectivity index (χ0) is 20.2. The maximum Gasteiger partial charge on any atom is 0.257 e. The number of carbonyl (C=O) groups excluding carboxylic acids is 1. The summed E-state index contributed by atoms with van der Waals surface area (Å²) in [6.07, 6.45) is 0. The fourth-order valence-corrected chi connectivity index (χ4v) is 3.29. The number of thiocarbonyl (C=S) groups is 1. The van der Waals surface area contributed by atoms with Gasteiger partial charge in [-0.2, -0.15) is 0 Å². The molecule has 3 aromatic carbocycles. The van der Waals surface area contributed by atoms with E-state index < -0.39 is 0 Å². The number of nitrogens with zero attached hydrogens (tertiary/aromatic N) is 1. The third kappa shape index (κ3) is 4.42. The highest BCUT2D eigenvalue weighted by molar-refractivity contribution is 7.80. The number of fused-ring (bicyclic) bond motifs is 1. The topological polar surface area (TPSA) is 54.0 Å². The van der Waals surface area contributed by atoms with Gasteiger partial charge in [-0.3, -0.25) is 10.1 Å². The molecular formula is C23H16ClN3OS. The zero-order valence-corrected chi connectivity index (χ0v) is 16.8. The van der Waals surface area contributed by atoms with Gasteiger partial charge in [0.25, 0.3) is 5.91 Å². The first-order chi connectivity index (χ1) is 14.1. The number of pyridine rings is 1. The number of aromatic nitrogens is 1. The standard InChI is InChI=1S/C23H16ClN3OS/c24-17-12-10-15(11-13-17)20-14-21(18-8-4-5-9-19(18)25-20)26-23(29)27-22(28)16-6-2-1-3-7-16/h1-14H,(H2,25,26,27,28,29). The number of carbonyl (C=O) groups is 1. The van der Waals surface area contributed by atoms with Crippen LogP contribution in [0.15, 0.2) is 84.9 Å². The molecule has 4 nitrogen and oxygen atoms in total. The minimum Gasteiger partial charge on any atom is -0.332 e. The predicted octanol–water partition coefficient (Wildman–Crippen LogP) is 5.68. The van der Waals surface area contributed by atoms with E-state index in [0.29, 0.717) is 10.6 Å². The van der Waals surface area contributed by atoms with Gasteiger partial charge in [0.15, 0.2) is 5.11 Å². The summed E-state index contributed by atoms with van der Waals surface area (Å²) in [5.74, 6) is -0.264. The second-order valence-electron chi connectivity index (χ2n) is 6.35. The van der Waals surface area contributed by atoms with Gasteiger partial charge in [-0.1, -0.05) is 60.1 Å². The minimum atomic E-state index is -0.264. The third-order valence-corrected chi connectivity index (χ3v) is 4.82. The molecule has 4 rings (SSSR count). The molecule has 1 aromatic heterocycles. The fourth-order valence-electron chi connectivity index (χ4n) is 2.97. The van der Waals surface area contributed by atoms with Gasteiger partial charge in [-0.05, 0) is 48.6 Å². The van der Waals surface area contributed by atoms with Crippen molar-refractivity contribution >= 4 is 51.4 Å². The Bertz CT molecular complexity index is 1190. The van der Waals surface area contributed by atoms with Crippen LogP contribution >= 0.6 is 23.8 Å². The summed E-state index contributed by atoms with van der Waals surface area (Å²) in [5.41, 5.74) is 3.83. The molecule has 0 radical (unpaired) electrons. The van der Waals surface area contributed by atoms with Crippen LogP contribution in [0.25, 0.3) is 22.2 Å². The molecule has 6 heteroatoms. The molecule has 0 saturated heterocycles. The molecule has 0 spiro atoms. The van der Waals surface area contributed by atoms with Crippen molar-refractivity contribution in [3.8, 4) is 11.3 Å². The zero-order valence-electron chi connectivity index (χ0n) is 15.2. The van der Waals surface area contributed by atoms with Gasteiger partial charge in [0.2, 0.25) is 0 Å². The van der Waals surface area contributed by atoms with E-state index in [1.165, 1.54) is 0 Å². The maximum atomic E-state index is 12.4. The highest BCUT2D eigenvalue weighted by atomic mass is 35.5. The Morgan fingerprint density at radius 1 is 0.897 bits per heavy atom. The molecule has 0 atom stereocenters. The molecule has 0 aliphatic heterocycles. The summed E-state index contributed by atoms with van der Waals surface area (Å²) in [6.45, 7) is 0. The van der Waals surface area contributed by atoms with E-state index in [-0.39, 0.29) is 11.0 Å². The molecule has 1 amide bonds. The first-order valence-corrected chi connectivity index (χ1v) is 9.72. The number of hydrogen-bond donors (Lipinski definition) is 2. The Hall–Kier alpha value is -3.28. The first-order valence-electron chi connectivity index (χ1n) is 8.93. The van der Waals surface area contributed by atoms with E-state index >= 15 is 0 Å². The second-order valence-corrected chi connectivity index (χ2v) is 7.20. The summed E-state index contributed by atoms with van der Waals surface area (Å²) in [6, 6.07) is 26.1. The Morgan fingerprint density at radius 3 is 2.34 bits per heavy atom. The Kier molecular flexibility index (Phi) is 5.51. The molecule has 0 saturated carbocycles. The average Bonchev–Trinajstić information content (AvgIpc) is 2.74. The molecule has 0 aliphatic rings. The van der Waals surface area contributed by atoms with E-state index in [2.05, 4.69) is 10.6 Å². The van der Waals surface area contributed by atoms with Crippen LogP contribution in [0.5, 0.6) is 0 Å². The van der Waals surface area contributed by atoms with E-state index in [4.69, 9.17) is 28.8 Å².